The first-order valence-corrected chi connectivity index (χ1v) is 6.72. The van der Waals surface area contributed by atoms with Crippen LogP contribution in [0.3, 0.4) is 0 Å². The second kappa shape index (κ2) is 6.64. The van der Waals surface area contributed by atoms with Crippen molar-refractivity contribution in [3.63, 3.8) is 0 Å². The van der Waals surface area contributed by atoms with Crippen LogP contribution in [0.15, 0.2) is 12.4 Å². The third-order valence-corrected chi connectivity index (χ3v) is 3.26. The van der Waals surface area contributed by atoms with Crippen LogP contribution in [0.2, 0.25) is 0 Å². The minimum atomic E-state index is -0.380. The van der Waals surface area contributed by atoms with Crippen molar-refractivity contribution in [1.29, 1.82) is 0 Å². The third kappa shape index (κ3) is 3.63. The molecular formula is C13H21FN4. The molecule has 1 N–H and O–H groups in total. The number of anilines is 1. The zero-order chi connectivity index (χ0) is 12.8. The predicted molar refractivity (Wildman–Crippen MR) is 70.1 cm³/mol. The molecule has 0 bridgehead atoms. The largest absolute Gasteiger partial charge is 0.341 e. The molecule has 1 aromatic heterocycles. The molecule has 2 heterocycles. The predicted octanol–water partition coefficient (Wildman–Crippen LogP) is 1.83. The lowest BCUT2D eigenvalue weighted by Crippen LogP contribution is -2.39. The highest BCUT2D eigenvalue weighted by atomic mass is 19.1. The lowest BCUT2D eigenvalue weighted by Gasteiger charge is -2.30. The van der Waals surface area contributed by atoms with Gasteiger partial charge < -0.3 is 10.2 Å². The Hall–Kier alpha value is -1.23. The van der Waals surface area contributed by atoms with Crippen LogP contribution in [0.1, 0.15) is 26.2 Å². The monoisotopic (exact) mass is 252 g/mol. The van der Waals surface area contributed by atoms with E-state index in [1.807, 2.05) is 0 Å². The van der Waals surface area contributed by atoms with Crippen LogP contribution in [0.25, 0.3) is 0 Å². The summed E-state index contributed by atoms with van der Waals surface area (Å²) in [5.74, 6) is 0.900. The SMILES string of the molecule is CCCN(CC1CCCNC1)c1ncc(F)cn1. The number of nitrogens with one attached hydrogen (secondary N) is 1. The van der Waals surface area contributed by atoms with E-state index in [2.05, 4.69) is 27.1 Å². The normalized spacial score (nSPS) is 19.8. The van der Waals surface area contributed by atoms with E-state index in [0.717, 1.165) is 32.6 Å². The first kappa shape index (κ1) is 13.2. The van der Waals surface area contributed by atoms with Crippen LogP contribution < -0.4 is 10.2 Å². The Morgan fingerprint density at radius 3 is 2.83 bits per heavy atom. The lowest BCUT2D eigenvalue weighted by molar-refractivity contribution is 0.375. The zero-order valence-electron chi connectivity index (χ0n) is 10.9. The van der Waals surface area contributed by atoms with Gasteiger partial charge in [-0.2, -0.15) is 0 Å². The number of piperidine rings is 1. The molecule has 0 amide bonds. The average molecular weight is 252 g/mol. The van der Waals surface area contributed by atoms with E-state index in [1.165, 1.54) is 25.2 Å². The molecule has 1 aliphatic heterocycles. The molecule has 4 nitrogen and oxygen atoms in total. The van der Waals surface area contributed by atoms with Gasteiger partial charge in [0.25, 0.3) is 0 Å². The Balaban J connectivity index is 2.00. The molecule has 100 valence electrons. The highest BCUT2D eigenvalue weighted by Gasteiger charge is 2.18. The Morgan fingerprint density at radius 2 is 2.22 bits per heavy atom. The van der Waals surface area contributed by atoms with Gasteiger partial charge in [-0.05, 0) is 38.3 Å². The van der Waals surface area contributed by atoms with Crippen molar-refractivity contribution in [2.75, 3.05) is 31.1 Å². The zero-order valence-corrected chi connectivity index (χ0v) is 10.9. The van der Waals surface area contributed by atoms with Gasteiger partial charge >= 0.3 is 0 Å². The first-order chi connectivity index (χ1) is 8.79. The number of halogens is 1. The van der Waals surface area contributed by atoms with Crippen molar-refractivity contribution in [3.8, 4) is 0 Å². The van der Waals surface area contributed by atoms with Crippen molar-refractivity contribution in [1.82, 2.24) is 15.3 Å². The molecule has 1 aliphatic rings. The second-order valence-corrected chi connectivity index (χ2v) is 4.86. The summed E-state index contributed by atoms with van der Waals surface area (Å²) in [6, 6.07) is 0. The maximum atomic E-state index is 12.8. The van der Waals surface area contributed by atoms with Crippen molar-refractivity contribution >= 4 is 5.95 Å². The number of hydrogen-bond acceptors (Lipinski definition) is 4. The second-order valence-electron chi connectivity index (χ2n) is 4.86. The number of hydrogen-bond donors (Lipinski definition) is 1. The van der Waals surface area contributed by atoms with E-state index >= 15 is 0 Å². The highest BCUT2D eigenvalue weighted by molar-refractivity contribution is 5.28. The van der Waals surface area contributed by atoms with Crippen LogP contribution in [0.4, 0.5) is 10.3 Å². The van der Waals surface area contributed by atoms with Gasteiger partial charge in [-0.25, -0.2) is 14.4 Å². The van der Waals surface area contributed by atoms with E-state index in [1.54, 1.807) is 0 Å². The molecule has 0 aromatic carbocycles. The fraction of sp³-hybridized carbons (Fsp3) is 0.692. The average Bonchev–Trinajstić information content (AvgIpc) is 2.40. The van der Waals surface area contributed by atoms with Crippen LogP contribution in [0, 0.1) is 11.7 Å². The lowest BCUT2D eigenvalue weighted by atomic mass is 9.99. The van der Waals surface area contributed by atoms with Gasteiger partial charge in [-0.1, -0.05) is 6.92 Å². The van der Waals surface area contributed by atoms with E-state index in [0.29, 0.717) is 11.9 Å². The standard InChI is InChI=1S/C13H21FN4/c1-2-6-18(10-11-4-3-5-15-7-11)13-16-8-12(14)9-17-13/h8-9,11,15H,2-7,10H2,1H3. The fourth-order valence-corrected chi connectivity index (χ4v) is 2.40. The van der Waals surface area contributed by atoms with Crippen LogP contribution in [-0.4, -0.2) is 36.1 Å². The molecule has 1 fully saturated rings. The summed E-state index contributed by atoms with van der Waals surface area (Å²) in [7, 11) is 0. The van der Waals surface area contributed by atoms with Gasteiger partial charge in [0, 0.05) is 13.1 Å². The number of aromatic nitrogens is 2. The van der Waals surface area contributed by atoms with Gasteiger partial charge in [0.05, 0.1) is 12.4 Å². The summed E-state index contributed by atoms with van der Waals surface area (Å²) >= 11 is 0. The molecule has 1 atom stereocenters. The summed E-state index contributed by atoms with van der Waals surface area (Å²) < 4.78 is 12.8. The summed E-state index contributed by atoms with van der Waals surface area (Å²) in [5, 5.41) is 3.42. The maximum absolute atomic E-state index is 12.8. The fourth-order valence-electron chi connectivity index (χ4n) is 2.40. The molecule has 18 heavy (non-hydrogen) atoms. The summed E-state index contributed by atoms with van der Waals surface area (Å²) in [6.45, 7) is 6.18. The topological polar surface area (TPSA) is 41.0 Å². The Morgan fingerprint density at radius 1 is 1.44 bits per heavy atom. The first-order valence-electron chi connectivity index (χ1n) is 6.72. The Labute approximate surface area is 108 Å². The number of rotatable bonds is 5. The maximum Gasteiger partial charge on any atom is 0.225 e. The highest BCUT2D eigenvalue weighted by Crippen LogP contribution is 2.15. The number of nitrogens with zero attached hydrogens (tertiary/aromatic N) is 3. The summed E-state index contributed by atoms with van der Waals surface area (Å²) in [4.78, 5) is 10.3. The molecule has 0 spiro atoms. The Bertz CT molecular complexity index is 349. The van der Waals surface area contributed by atoms with Gasteiger partial charge in [-0.3, -0.25) is 0 Å². The molecule has 0 aliphatic carbocycles. The van der Waals surface area contributed by atoms with Crippen molar-refractivity contribution in [3.05, 3.63) is 18.2 Å². The van der Waals surface area contributed by atoms with E-state index in [4.69, 9.17) is 0 Å². The van der Waals surface area contributed by atoms with Gasteiger partial charge in [0.15, 0.2) is 5.82 Å². The van der Waals surface area contributed by atoms with Gasteiger partial charge in [0.2, 0.25) is 5.95 Å². The molecule has 0 saturated carbocycles. The van der Waals surface area contributed by atoms with E-state index < -0.39 is 0 Å². The van der Waals surface area contributed by atoms with Gasteiger partial charge in [0.1, 0.15) is 0 Å². The molecule has 1 saturated heterocycles. The van der Waals surface area contributed by atoms with Gasteiger partial charge in [-0.15, -0.1) is 0 Å². The van der Waals surface area contributed by atoms with E-state index in [-0.39, 0.29) is 5.82 Å². The summed E-state index contributed by atoms with van der Waals surface area (Å²) in [5.41, 5.74) is 0. The van der Waals surface area contributed by atoms with Crippen LogP contribution >= 0.6 is 0 Å². The quantitative estimate of drug-likeness (QED) is 0.868. The Kier molecular flexibility index (Phi) is 4.87. The van der Waals surface area contributed by atoms with Crippen molar-refractivity contribution < 1.29 is 4.39 Å². The minimum absolute atomic E-state index is 0.380. The van der Waals surface area contributed by atoms with Crippen LogP contribution in [-0.2, 0) is 0 Å². The molecular weight excluding hydrogens is 231 g/mol. The molecule has 2 rings (SSSR count). The molecule has 5 heteroatoms. The summed E-state index contributed by atoms with van der Waals surface area (Å²) in [6.07, 6.45) is 6.00. The molecule has 1 unspecified atom stereocenters. The molecule has 0 radical (unpaired) electrons. The van der Waals surface area contributed by atoms with Crippen molar-refractivity contribution in [2.24, 2.45) is 5.92 Å². The smallest absolute Gasteiger partial charge is 0.225 e. The third-order valence-electron chi connectivity index (χ3n) is 3.26. The van der Waals surface area contributed by atoms with Crippen molar-refractivity contribution in [2.45, 2.75) is 26.2 Å². The van der Waals surface area contributed by atoms with Crippen LogP contribution in [0.5, 0.6) is 0 Å². The minimum Gasteiger partial charge on any atom is -0.341 e. The van der Waals surface area contributed by atoms with E-state index in [9.17, 15) is 4.39 Å². The molecule has 1 aromatic rings.